The largest absolute Gasteiger partial charge is 0.455 e. The fourth-order valence-corrected chi connectivity index (χ4v) is 4.53. The van der Waals surface area contributed by atoms with Gasteiger partial charge in [-0.3, -0.25) is 10.1 Å². The minimum Gasteiger partial charge on any atom is -0.455 e. The van der Waals surface area contributed by atoms with Crippen molar-refractivity contribution in [1.82, 2.24) is 24.7 Å². The van der Waals surface area contributed by atoms with Crippen LogP contribution in [0.1, 0.15) is 32.0 Å². The molecule has 0 aliphatic carbocycles. The standard InChI is InChI=1S/C29H26N8O3S/c1-29(2,3)23-14-24(37(36-23)18-7-5-17(15-30)6-8-18)34-28(39)33-20-10-9-19(13-22(20)41-4)40-21-11-12-31-27-26(21)32-16-25(38)35-27/h5-14,16H,1-4H3,(H,31,35,38)(H2,33,34,39). The van der Waals surface area contributed by atoms with Gasteiger partial charge in [0.1, 0.15) is 17.1 Å². The molecule has 0 aliphatic heterocycles. The van der Waals surface area contributed by atoms with Crippen LogP contribution in [0.3, 0.4) is 0 Å². The minimum absolute atomic E-state index is 0.252. The number of hydrogen-bond acceptors (Lipinski definition) is 8. The van der Waals surface area contributed by atoms with Crippen LogP contribution in [-0.4, -0.2) is 37.0 Å². The van der Waals surface area contributed by atoms with Gasteiger partial charge in [0, 0.05) is 28.6 Å². The summed E-state index contributed by atoms with van der Waals surface area (Å²) in [5.41, 5.74) is 2.77. The van der Waals surface area contributed by atoms with Crippen molar-refractivity contribution in [2.45, 2.75) is 31.1 Å². The highest BCUT2D eigenvalue weighted by molar-refractivity contribution is 7.98. The van der Waals surface area contributed by atoms with Gasteiger partial charge in [-0.25, -0.2) is 19.4 Å². The van der Waals surface area contributed by atoms with Gasteiger partial charge in [-0.15, -0.1) is 11.8 Å². The number of carbonyl (C=O) groups excluding carboxylic acids is 1. The van der Waals surface area contributed by atoms with Gasteiger partial charge >= 0.3 is 6.03 Å². The van der Waals surface area contributed by atoms with Crippen LogP contribution >= 0.6 is 11.8 Å². The van der Waals surface area contributed by atoms with E-state index in [2.05, 4.69) is 31.7 Å². The second-order valence-electron chi connectivity index (χ2n) is 10.0. The van der Waals surface area contributed by atoms with E-state index in [-0.39, 0.29) is 11.0 Å². The molecule has 5 rings (SSSR count). The van der Waals surface area contributed by atoms with Gasteiger partial charge in [0.05, 0.1) is 34.9 Å². The highest BCUT2D eigenvalue weighted by atomic mass is 32.2. The van der Waals surface area contributed by atoms with Crippen LogP contribution in [0.5, 0.6) is 11.5 Å². The average molecular weight is 567 g/mol. The summed E-state index contributed by atoms with van der Waals surface area (Å²) in [5.74, 6) is 1.44. The van der Waals surface area contributed by atoms with E-state index >= 15 is 0 Å². The Morgan fingerprint density at radius 3 is 2.56 bits per heavy atom. The van der Waals surface area contributed by atoms with Crippen molar-refractivity contribution in [2.24, 2.45) is 0 Å². The van der Waals surface area contributed by atoms with E-state index < -0.39 is 6.03 Å². The summed E-state index contributed by atoms with van der Waals surface area (Å²) in [6.07, 6.45) is 4.60. The van der Waals surface area contributed by atoms with E-state index in [4.69, 9.17) is 15.1 Å². The summed E-state index contributed by atoms with van der Waals surface area (Å²) in [4.78, 5) is 36.4. The van der Waals surface area contributed by atoms with Gasteiger partial charge in [-0.2, -0.15) is 10.4 Å². The number of H-pyrrole nitrogens is 1. The number of ether oxygens (including phenoxy) is 1. The number of nitriles is 1. The fourth-order valence-electron chi connectivity index (χ4n) is 3.95. The van der Waals surface area contributed by atoms with E-state index in [9.17, 15) is 9.59 Å². The number of pyridine rings is 1. The van der Waals surface area contributed by atoms with Crippen molar-refractivity contribution in [1.29, 1.82) is 5.26 Å². The lowest BCUT2D eigenvalue weighted by atomic mass is 9.92. The number of benzene rings is 2. The molecule has 0 bridgehead atoms. The molecule has 11 nitrogen and oxygen atoms in total. The molecular weight excluding hydrogens is 540 g/mol. The number of carbonyl (C=O) groups is 1. The van der Waals surface area contributed by atoms with Gasteiger partial charge in [-0.1, -0.05) is 20.8 Å². The van der Waals surface area contributed by atoms with Crippen LogP contribution in [0.15, 0.2) is 76.7 Å². The predicted molar refractivity (Wildman–Crippen MR) is 158 cm³/mol. The monoisotopic (exact) mass is 566 g/mol. The summed E-state index contributed by atoms with van der Waals surface area (Å²) in [6.45, 7) is 6.13. The molecule has 0 spiro atoms. The average Bonchev–Trinajstić information content (AvgIpc) is 3.38. The Labute approximate surface area is 239 Å². The van der Waals surface area contributed by atoms with Crippen LogP contribution in [0.4, 0.5) is 16.3 Å². The van der Waals surface area contributed by atoms with E-state index in [0.29, 0.717) is 45.4 Å². The quantitative estimate of drug-likeness (QED) is 0.217. The van der Waals surface area contributed by atoms with Crippen molar-refractivity contribution >= 4 is 40.5 Å². The smallest absolute Gasteiger partial charge is 0.324 e. The fraction of sp³-hybridized carbons (Fsp3) is 0.172. The van der Waals surface area contributed by atoms with Gasteiger partial charge < -0.3 is 15.0 Å². The van der Waals surface area contributed by atoms with E-state index in [0.717, 1.165) is 10.6 Å². The second-order valence-corrected chi connectivity index (χ2v) is 10.9. The van der Waals surface area contributed by atoms with Gasteiger partial charge in [0.15, 0.2) is 11.4 Å². The number of urea groups is 1. The molecule has 5 aromatic rings. The molecule has 0 saturated carbocycles. The molecule has 0 aliphatic rings. The zero-order valence-electron chi connectivity index (χ0n) is 22.7. The number of thioether (sulfide) groups is 1. The molecule has 2 amide bonds. The van der Waals surface area contributed by atoms with Crippen molar-refractivity contribution in [2.75, 3.05) is 16.9 Å². The number of aromatic nitrogens is 5. The molecule has 206 valence electrons. The number of rotatable bonds is 6. The Balaban J connectivity index is 1.37. The molecule has 0 unspecified atom stereocenters. The molecule has 0 atom stereocenters. The Kier molecular flexibility index (Phi) is 7.45. The third-order valence-electron chi connectivity index (χ3n) is 6.05. The highest BCUT2D eigenvalue weighted by Gasteiger charge is 2.22. The molecule has 0 saturated heterocycles. The Morgan fingerprint density at radius 1 is 1.07 bits per heavy atom. The number of amides is 2. The van der Waals surface area contributed by atoms with Crippen molar-refractivity contribution in [3.63, 3.8) is 0 Å². The number of nitrogens with one attached hydrogen (secondary N) is 3. The maximum atomic E-state index is 13.2. The maximum Gasteiger partial charge on any atom is 0.324 e. The molecule has 2 aromatic carbocycles. The van der Waals surface area contributed by atoms with Crippen LogP contribution in [0.2, 0.25) is 0 Å². The van der Waals surface area contributed by atoms with Crippen molar-refractivity contribution < 1.29 is 9.53 Å². The number of aromatic amines is 1. The second kappa shape index (κ2) is 11.1. The third-order valence-corrected chi connectivity index (χ3v) is 6.83. The molecule has 0 fully saturated rings. The van der Waals surface area contributed by atoms with Gasteiger partial charge in [-0.05, 0) is 48.7 Å². The lowest BCUT2D eigenvalue weighted by molar-refractivity contribution is 0.262. The molecule has 3 N–H and O–H groups in total. The van der Waals surface area contributed by atoms with Crippen LogP contribution in [0.25, 0.3) is 16.9 Å². The summed E-state index contributed by atoms with van der Waals surface area (Å²) >= 11 is 1.44. The van der Waals surface area contributed by atoms with Gasteiger partial charge in [0.2, 0.25) is 0 Å². The zero-order chi connectivity index (χ0) is 29.1. The zero-order valence-corrected chi connectivity index (χ0v) is 23.5. The van der Waals surface area contributed by atoms with E-state index in [1.54, 1.807) is 53.2 Å². The molecule has 12 heteroatoms. The van der Waals surface area contributed by atoms with Crippen molar-refractivity contribution in [3.8, 4) is 23.3 Å². The maximum absolute atomic E-state index is 13.2. The minimum atomic E-state index is -0.447. The number of nitrogens with zero attached hydrogens (tertiary/aromatic N) is 5. The molecule has 3 heterocycles. The van der Waals surface area contributed by atoms with E-state index in [1.165, 1.54) is 24.2 Å². The normalized spacial score (nSPS) is 11.2. The first-order valence-corrected chi connectivity index (χ1v) is 13.8. The lowest BCUT2D eigenvalue weighted by Crippen LogP contribution is -2.21. The first kappa shape index (κ1) is 27.4. The van der Waals surface area contributed by atoms with Crippen LogP contribution < -0.4 is 20.9 Å². The molecule has 3 aromatic heterocycles. The molecule has 0 radical (unpaired) electrons. The number of fused-ring (bicyclic) bond motifs is 1. The lowest BCUT2D eigenvalue weighted by Gasteiger charge is -2.14. The van der Waals surface area contributed by atoms with Crippen LogP contribution in [-0.2, 0) is 5.41 Å². The predicted octanol–water partition coefficient (Wildman–Crippen LogP) is 5.83. The van der Waals surface area contributed by atoms with Crippen LogP contribution in [0, 0.1) is 11.3 Å². The third kappa shape index (κ3) is 6.05. The number of anilines is 2. The van der Waals surface area contributed by atoms with Crippen molar-refractivity contribution in [3.05, 3.63) is 88.6 Å². The summed E-state index contributed by atoms with van der Waals surface area (Å²) in [7, 11) is 0. The van der Waals surface area contributed by atoms with Gasteiger partial charge in [0.25, 0.3) is 5.56 Å². The number of hydrogen-bond donors (Lipinski definition) is 3. The highest BCUT2D eigenvalue weighted by Crippen LogP contribution is 2.34. The summed E-state index contributed by atoms with van der Waals surface area (Å²) < 4.78 is 7.69. The Bertz CT molecular complexity index is 1850. The first-order valence-electron chi connectivity index (χ1n) is 12.5. The summed E-state index contributed by atoms with van der Waals surface area (Å²) in [5, 5.41) is 19.7. The Morgan fingerprint density at radius 2 is 1.85 bits per heavy atom. The molecule has 41 heavy (non-hydrogen) atoms. The topological polar surface area (TPSA) is 151 Å². The first-order chi connectivity index (χ1) is 19.6. The SMILES string of the molecule is CSc1cc(Oc2ccnc3[nH]c(=O)cnc23)ccc1NC(=O)Nc1cc(C(C)(C)C)nn1-c1ccc(C#N)cc1. The Hall–Kier alpha value is -5.15. The van der Waals surface area contributed by atoms with E-state index in [1.807, 2.05) is 33.1 Å². The molecular formula is C29H26N8O3S. The summed E-state index contributed by atoms with van der Waals surface area (Å²) in [6, 6.07) is 17.4.